The summed E-state index contributed by atoms with van der Waals surface area (Å²) < 4.78 is 5.41. The van der Waals surface area contributed by atoms with Crippen LogP contribution in [0, 0.1) is 0 Å². The Balaban J connectivity index is 1.47. The van der Waals surface area contributed by atoms with Crippen LogP contribution in [-0.2, 0) is 4.74 Å². The molecule has 2 saturated heterocycles. The van der Waals surface area contributed by atoms with Gasteiger partial charge in [0.15, 0.2) is 0 Å². The lowest BCUT2D eigenvalue weighted by molar-refractivity contribution is 0.102. The summed E-state index contributed by atoms with van der Waals surface area (Å²) in [5.74, 6) is 0.596. The van der Waals surface area contributed by atoms with Crippen LogP contribution < -0.4 is 15.1 Å². The van der Waals surface area contributed by atoms with Gasteiger partial charge < -0.3 is 19.9 Å². The molecule has 7 nitrogen and oxygen atoms in total. The van der Waals surface area contributed by atoms with Crippen LogP contribution in [0.5, 0.6) is 0 Å². The zero-order chi connectivity index (χ0) is 17.8. The van der Waals surface area contributed by atoms with Crippen LogP contribution in [0.25, 0.3) is 0 Å². The quantitative estimate of drug-likeness (QED) is 0.908. The molecule has 0 aliphatic carbocycles. The monoisotopic (exact) mass is 353 g/mol. The first-order valence-electron chi connectivity index (χ1n) is 9.11. The molecule has 1 N–H and O–H groups in total. The number of hydrogen-bond acceptors (Lipinski definition) is 6. The van der Waals surface area contributed by atoms with Gasteiger partial charge in [-0.15, -0.1) is 0 Å². The van der Waals surface area contributed by atoms with Gasteiger partial charge in [0.2, 0.25) is 0 Å². The van der Waals surface area contributed by atoms with Crippen molar-refractivity contribution >= 4 is 23.1 Å². The maximum Gasteiger partial charge on any atom is 0.275 e. The number of ether oxygens (including phenoxy) is 1. The van der Waals surface area contributed by atoms with E-state index in [2.05, 4.69) is 25.1 Å². The molecule has 0 spiro atoms. The molecule has 3 heterocycles. The maximum atomic E-state index is 12.6. The van der Waals surface area contributed by atoms with Crippen molar-refractivity contribution in [3.05, 3.63) is 42.4 Å². The Kier molecular flexibility index (Phi) is 4.97. The van der Waals surface area contributed by atoms with E-state index in [0.29, 0.717) is 18.9 Å². The molecule has 0 atom stereocenters. The molecule has 26 heavy (non-hydrogen) atoms. The van der Waals surface area contributed by atoms with Gasteiger partial charge in [-0.05, 0) is 25.0 Å². The highest BCUT2D eigenvalue weighted by Crippen LogP contribution is 2.26. The maximum absolute atomic E-state index is 12.6. The summed E-state index contributed by atoms with van der Waals surface area (Å²) in [6.07, 6.45) is 5.61. The average molecular weight is 353 g/mol. The summed E-state index contributed by atoms with van der Waals surface area (Å²) in [4.78, 5) is 25.8. The van der Waals surface area contributed by atoms with E-state index in [1.165, 1.54) is 12.8 Å². The van der Waals surface area contributed by atoms with Crippen LogP contribution >= 0.6 is 0 Å². The van der Waals surface area contributed by atoms with Crippen LogP contribution in [-0.4, -0.2) is 55.3 Å². The summed E-state index contributed by atoms with van der Waals surface area (Å²) in [6, 6.07) is 7.82. The van der Waals surface area contributed by atoms with Crippen LogP contribution in [0.2, 0.25) is 0 Å². The standard InChI is InChI=1S/C19H23N5O2/c25-19(16-13-21-18(14-20-16)24-7-3-4-8-24)22-15-5-1-2-6-17(15)23-9-11-26-12-10-23/h1-2,5-6,13-14H,3-4,7-12H2,(H,22,25). The van der Waals surface area contributed by atoms with Gasteiger partial charge in [-0.2, -0.15) is 0 Å². The molecular formula is C19H23N5O2. The van der Waals surface area contributed by atoms with Crippen molar-refractivity contribution in [3.63, 3.8) is 0 Å². The van der Waals surface area contributed by atoms with E-state index in [0.717, 1.165) is 43.4 Å². The summed E-state index contributed by atoms with van der Waals surface area (Å²) in [7, 11) is 0. The van der Waals surface area contributed by atoms with E-state index >= 15 is 0 Å². The summed E-state index contributed by atoms with van der Waals surface area (Å²) >= 11 is 0. The normalized spacial score (nSPS) is 17.4. The van der Waals surface area contributed by atoms with E-state index < -0.39 is 0 Å². The fourth-order valence-corrected chi connectivity index (χ4v) is 3.39. The van der Waals surface area contributed by atoms with Gasteiger partial charge in [-0.25, -0.2) is 9.97 Å². The molecule has 0 saturated carbocycles. The number of para-hydroxylation sites is 2. The number of benzene rings is 1. The second-order valence-corrected chi connectivity index (χ2v) is 6.52. The van der Waals surface area contributed by atoms with E-state index in [-0.39, 0.29) is 5.91 Å². The van der Waals surface area contributed by atoms with Gasteiger partial charge >= 0.3 is 0 Å². The number of aromatic nitrogens is 2. The van der Waals surface area contributed by atoms with E-state index in [4.69, 9.17) is 4.74 Å². The SMILES string of the molecule is O=C(Nc1ccccc1N1CCOCC1)c1cnc(N2CCCC2)cn1. The highest BCUT2D eigenvalue weighted by Gasteiger charge is 2.18. The van der Waals surface area contributed by atoms with Crippen LogP contribution in [0.15, 0.2) is 36.7 Å². The minimum absolute atomic E-state index is 0.244. The van der Waals surface area contributed by atoms with Crippen LogP contribution in [0.3, 0.4) is 0 Å². The smallest absolute Gasteiger partial charge is 0.275 e. The molecule has 0 bridgehead atoms. The van der Waals surface area contributed by atoms with Crippen molar-refractivity contribution in [1.82, 2.24) is 9.97 Å². The minimum atomic E-state index is -0.244. The number of nitrogens with zero attached hydrogens (tertiary/aromatic N) is 4. The van der Waals surface area contributed by atoms with Gasteiger partial charge in [0.05, 0.1) is 37.0 Å². The lowest BCUT2D eigenvalue weighted by Crippen LogP contribution is -2.36. The summed E-state index contributed by atoms with van der Waals surface area (Å²) in [5, 5.41) is 2.98. The highest BCUT2D eigenvalue weighted by molar-refractivity contribution is 6.04. The number of carbonyl (C=O) groups is 1. The second-order valence-electron chi connectivity index (χ2n) is 6.52. The number of carbonyl (C=O) groups excluding carboxylic acids is 1. The molecule has 136 valence electrons. The first-order chi connectivity index (χ1) is 12.8. The van der Waals surface area contributed by atoms with Gasteiger partial charge in [-0.1, -0.05) is 12.1 Å². The summed E-state index contributed by atoms with van der Waals surface area (Å²) in [6.45, 7) is 5.05. The highest BCUT2D eigenvalue weighted by atomic mass is 16.5. The molecule has 7 heteroatoms. The molecule has 2 fully saturated rings. The third kappa shape index (κ3) is 3.62. The van der Waals surface area contributed by atoms with Crippen molar-refractivity contribution in [3.8, 4) is 0 Å². The minimum Gasteiger partial charge on any atom is -0.378 e. The van der Waals surface area contributed by atoms with E-state index in [9.17, 15) is 4.79 Å². The predicted molar refractivity (Wildman–Crippen MR) is 101 cm³/mol. The molecule has 2 aliphatic heterocycles. The molecule has 1 amide bonds. The number of morpholine rings is 1. The second kappa shape index (κ2) is 7.70. The molecule has 1 aromatic carbocycles. The molecule has 4 rings (SSSR count). The van der Waals surface area contributed by atoms with Gasteiger partial charge in [0.25, 0.3) is 5.91 Å². The Bertz CT molecular complexity index is 753. The lowest BCUT2D eigenvalue weighted by Gasteiger charge is -2.30. The van der Waals surface area contributed by atoms with Gasteiger partial charge in [0.1, 0.15) is 11.5 Å². The first kappa shape index (κ1) is 16.8. The van der Waals surface area contributed by atoms with Crippen molar-refractivity contribution < 1.29 is 9.53 Å². The Morgan fingerprint density at radius 1 is 0.962 bits per heavy atom. The number of nitrogens with one attached hydrogen (secondary N) is 1. The fourth-order valence-electron chi connectivity index (χ4n) is 3.39. The predicted octanol–water partition coefficient (Wildman–Crippen LogP) is 2.17. The number of hydrogen-bond donors (Lipinski definition) is 1. The van der Waals surface area contributed by atoms with Gasteiger partial charge in [0, 0.05) is 26.2 Å². The molecule has 0 unspecified atom stereocenters. The van der Waals surface area contributed by atoms with Gasteiger partial charge in [-0.3, -0.25) is 4.79 Å². The van der Waals surface area contributed by atoms with Crippen molar-refractivity contribution in [2.75, 3.05) is 54.5 Å². The topological polar surface area (TPSA) is 70.6 Å². The number of anilines is 3. The Labute approximate surface area is 153 Å². The zero-order valence-corrected chi connectivity index (χ0v) is 14.7. The average Bonchev–Trinajstić information content (AvgIpc) is 3.24. The summed E-state index contributed by atoms with van der Waals surface area (Å²) in [5.41, 5.74) is 2.11. The van der Waals surface area contributed by atoms with Crippen molar-refractivity contribution in [2.45, 2.75) is 12.8 Å². The third-order valence-electron chi connectivity index (χ3n) is 4.80. The zero-order valence-electron chi connectivity index (χ0n) is 14.7. The molecule has 0 radical (unpaired) electrons. The first-order valence-corrected chi connectivity index (χ1v) is 9.11. The number of rotatable bonds is 4. The number of amides is 1. The molecule has 2 aliphatic rings. The van der Waals surface area contributed by atoms with Crippen LogP contribution in [0.4, 0.5) is 17.2 Å². The van der Waals surface area contributed by atoms with Crippen LogP contribution in [0.1, 0.15) is 23.3 Å². The Morgan fingerprint density at radius 3 is 2.46 bits per heavy atom. The molecule has 2 aromatic rings. The largest absolute Gasteiger partial charge is 0.378 e. The Hall–Kier alpha value is -2.67. The molecule has 1 aromatic heterocycles. The molecular weight excluding hydrogens is 330 g/mol. The lowest BCUT2D eigenvalue weighted by atomic mass is 10.2. The van der Waals surface area contributed by atoms with E-state index in [1.807, 2.05) is 24.3 Å². The third-order valence-corrected chi connectivity index (χ3v) is 4.80. The van der Waals surface area contributed by atoms with E-state index in [1.54, 1.807) is 12.4 Å². The van der Waals surface area contributed by atoms with Crippen molar-refractivity contribution in [1.29, 1.82) is 0 Å². The Morgan fingerprint density at radius 2 is 1.73 bits per heavy atom. The fraction of sp³-hybridized carbons (Fsp3) is 0.421. The van der Waals surface area contributed by atoms with Crippen molar-refractivity contribution in [2.24, 2.45) is 0 Å².